The molecule has 5 heteroatoms. The number of pyridine rings is 1. The van der Waals surface area contributed by atoms with Crippen LogP contribution < -0.4 is 5.32 Å². The number of nitrogens with zero attached hydrogens (tertiary/aromatic N) is 2. The van der Waals surface area contributed by atoms with Crippen molar-refractivity contribution in [2.24, 2.45) is 0 Å². The summed E-state index contributed by atoms with van der Waals surface area (Å²) >= 11 is 0. The van der Waals surface area contributed by atoms with Gasteiger partial charge in [-0.05, 0) is 25.5 Å². The van der Waals surface area contributed by atoms with Gasteiger partial charge in [0.2, 0.25) is 5.91 Å². The van der Waals surface area contributed by atoms with E-state index in [4.69, 9.17) is 4.74 Å². The lowest BCUT2D eigenvalue weighted by Crippen LogP contribution is -2.41. The third-order valence-electron chi connectivity index (χ3n) is 3.21. The molecule has 0 bridgehead atoms. The Kier molecular flexibility index (Phi) is 7.84. The molecule has 0 radical (unpaired) electrons. The fraction of sp³-hybridized carbons (Fsp3) is 0.600. The first-order chi connectivity index (χ1) is 9.67. The number of hydrogen-bond donors (Lipinski definition) is 1. The van der Waals surface area contributed by atoms with Crippen molar-refractivity contribution in [3.8, 4) is 0 Å². The summed E-state index contributed by atoms with van der Waals surface area (Å²) in [7, 11) is 1.64. The Morgan fingerprint density at radius 3 is 2.90 bits per heavy atom. The predicted octanol–water partition coefficient (Wildman–Crippen LogP) is 1.44. The van der Waals surface area contributed by atoms with E-state index in [0.717, 1.165) is 12.1 Å². The molecule has 20 heavy (non-hydrogen) atoms. The van der Waals surface area contributed by atoms with Crippen molar-refractivity contribution in [1.82, 2.24) is 15.2 Å². The Balaban J connectivity index is 2.56. The van der Waals surface area contributed by atoms with Gasteiger partial charge >= 0.3 is 0 Å². The van der Waals surface area contributed by atoms with Crippen LogP contribution in [0.5, 0.6) is 0 Å². The van der Waals surface area contributed by atoms with E-state index in [1.54, 1.807) is 18.2 Å². The Labute approximate surface area is 121 Å². The highest BCUT2D eigenvalue weighted by atomic mass is 16.5. The smallest absolute Gasteiger partial charge is 0.236 e. The van der Waals surface area contributed by atoms with Gasteiger partial charge in [0, 0.05) is 25.9 Å². The first-order valence-corrected chi connectivity index (χ1v) is 7.07. The van der Waals surface area contributed by atoms with E-state index in [9.17, 15) is 4.79 Å². The standard InChI is InChI=1S/C15H25N3O2/c1-4-13(2)17-11-15(19)18(9-10-20-3)12-14-7-5-6-8-16-14/h5-8,13,17H,4,9-12H2,1-3H3. The van der Waals surface area contributed by atoms with Crippen molar-refractivity contribution in [1.29, 1.82) is 0 Å². The molecule has 0 spiro atoms. The predicted molar refractivity (Wildman–Crippen MR) is 79.3 cm³/mol. The average Bonchev–Trinajstić information content (AvgIpc) is 2.49. The monoisotopic (exact) mass is 279 g/mol. The summed E-state index contributed by atoms with van der Waals surface area (Å²) in [6.45, 7) is 6.15. The van der Waals surface area contributed by atoms with Gasteiger partial charge in [0.05, 0.1) is 25.4 Å². The lowest BCUT2D eigenvalue weighted by molar-refractivity contribution is -0.131. The number of methoxy groups -OCH3 is 1. The molecule has 0 saturated heterocycles. The maximum atomic E-state index is 12.3. The molecule has 1 amide bonds. The maximum Gasteiger partial charge on any atom is 0.236 e. The summed E-state index contributed by atoms with van der Waals surface area (Å²) in [5.41, 5.74) is 0.889. The number of carbonyl (C=O) groups is 1. The molecule has 112 valence electrons. The van der Waals surface area contributed by atoms with E-state index in [0.29, 0.717) is 32.3 Å². The molecule has 5 nitrogen and oxygen atoms in total. The third kappa shape index (κ3) is 6.12. The van der Waals surface area contributed by atoms with Crippen LogP contribution in [-0.2, 0) is 16.1 Å². The molecule has 1 N–H and O–H groups in total. The van der Waals surface area contributed by atoms with Gasteiger partial charge in [0.15, 0.2) is 0 Å². The first kappa shape index (κ1) is 16.6. The highest BCUT2D eigenvalue weighted by Gasteiger charge is 2.14. The van der Waals surface area contributed by atoms with Gasteiger partial charge < -0.3 is 15.0 Å². The number of ether oxygens (including phenoxy) is 1. The maximum absolute atomic E-state index is 12.3. The van der Waals surface area contributed by atoms with Gasteiger partial charge in [-0.25, -0.2) is 0 Å². The van der Waals surface area contributed by atoms with Crippen LogP contribution in [-0.4, -0.2) is 48.6 Å². The minimum absolute atomic E-state index is 0.0769. The second kappa shape index (κ2) is 9.44. The SMILES string of the molecule is CCC(C)NCC(=O)N(CCOC)Cc1ccccn1. The van der Waals surface area contributed by atoms with Crippen molar-refractivity contribution in [3.63, 3.8) is 0 Å². The lowest BCUT2D eigenvalue weighted by atomic mass is 10.2. The zero-order chi connectivity index (χ0) is 14.8. The van der Waals surface area contributed by atoms with E-state index >= 15 is 0 Å². The third-order valence-corrected chi connectivity index (χ3v) is 3.21. The van der Waals surface area contributed by atoms with Crippen molar-refractivity contribution < 1.29 is 9.53 Å². The van der Waals surface area contributed by atoms with Gasteiger partial charge in [-0.2, -0.15) is 0 Å². The van der Waals surface area contributed by atoms with Gasteiger partial charge in [-0.3, -0.25) is 9.78 Å². The lowest BCUT2D eigenvalue weighted by Gasteiger charge is -2.23. The first-order valence-electron chi connectivity index (χ1n) is 7.07. The van der Waals surface area contributed by atoms with Crippen LogP contribution >= 0.6 is 0 Å². The summed E-state index contributed by atoms with van der Waals surface area (Å²) in [6, 6.07) is 6.07. The second-order valence-corrected chi connectivity index (χ2v) is 4.82. The Hall–Kier alpha value is -1.46. The van der Waals surface area contributed by atoms with Crippen molar-refractivity contribution in [2.75, 3.05) is 26.8 Å². The van der Waals surface area contributed by atoms with Gasteiger partial charge in [0.1, 0.15) is 0 Å². The van der Waals surface area contributed by atoms with Crippen LogP contribution in [0.3, 0.4) is 0 Å². The fourth-order valence-corrected chi connectivity index (χ4v) is 1.70. The summed E-state index contributed by atoms with van der Waals surface area (Å²) in [5, 5.41) is 3.22. The molecule has 0 aliphatic rings. The molecule has 1 aromatic rings. The van der Waals surface area contributed by atoms with E-state index in [2.05, 4.69) is 24.1 Å². The molecular formula is C15H25N3O2. The number of aromatic nitrogens is 1. The molecule has 0 aliphatic heterocycles. The highest BCUT2D eigenvalue weighted by molar-refractivity contribution is 5.78. The quantitative estimate of drug-likeness (QED) is 0.743. The fourth-order valence-electron chi connectivity index (χ4n) is 1.70. The molecule has 0 fully saturated rings. The topological polar surface area (TPSA) is 54.5 Å². The Bertz CT molecular complexity index is 384. The summed E-state index contributed by atoms with van der Waals surface area (Å²) in [4.78, 5) is 18.3. The van der Waals surface area contributed by atoms with Crippen LogP contribution in [0.2, 0.25) is 0 Å². The minimum Gasteiger partial charge on any atom is -0.383 e. The molecule has 0 aromatic carbocycles. The zero-order valence-corrected chi connectivity index (χ0v) is 12.6. The highest BCUT2D eigenvalue weighted by Crippen LogP contribution is 2.02. The number of amides is 1. The Morgan fingerprint density at radius 1 is 1.50 bits per heavy atom. The van der Waals surface area contributed by atoms with E-state index in [-0.39, 0.29) is 5.91 Å². The molecular weight excluding hydrogens is 254 g/mol. The number of nitrogens with one attached hydrogen (secondary N) is 1. The van der Waals surface area contributed by atoms with E-state index in [1.807, 2.05) is 18.2 Å². The molecule has 1 unspecified atom stereocenters. The zero-order valence-electron chi connectivity index (χ0n) is 12.6. The average molecular weight is 279 g/mol. The van der Waals surface area contributed by atoms with Crippen LogP contribution in [0.15, 0.2) is 24.4 Å². The number of rotatable bonds is 9. The minimum atomic E-state index is 0.0769. The molecule has 0 saturated carbocycles. The van der Waals surface area contributed by atoms with Crippen molar-refractivity contribution in [3.05, 3.63) is 30.1 Å². The summed E-state index contributed by atoms with van der Waals surface area (Å²) in [5.74, 6) is 0.0769. The summed E-state index contributed by atoms with van der Waals surface area (Å²) in [6.07, 6.45) is 2.75. The molecule has 0 aliphatic carbocycles. The molecule has 1 heterocycles. The second-order valence-electron chi connectivity index (χ2n) is 4.82. The van der Waals surface area contributed by atoms with E-state index in [1.165, 1.54) is 0 Å². The molecule has 1 aromatic heterocycles. The number of carbonyl (C=O) groups excluding carboxylic acids is 1. The van der Waals surface area contributed by atoms with Gasteiger partial charge in [0.25, 0.3) is 0 Å². The van der Waals surface area contributed by atoms with Gasteiger partial charge in [-0.1, -0.05) is 13.0 Å². The molecule has 1 rings (SSSR count). The largest absolute Gasteiger partial charge is 0.383 e. The number of hydrogen-bond acceptors (Lipinski definition) is 4. The van der Waals surface area contributed by atoms with Gasteiger partial charge in [-0.15, -0.1) is 0 Å². The normalized spacial score (nSPS) is 12.2. The van der Waals surface area contributed by atoms with E-state index < -0.39 is 0 Å². The summed E-state index contributed by atoms with van der Waals surface area (Å²) < 4.78 is 5.07. The van der Waals surface area contributed by atoms with Crippen LogP contribution in [0.4, 0.5) is 0 Å². The van der Waals surface area contributed by atoms with Crippen molar-refractivity contribution >= 4 is 5.91 Å². The molecule has 1 atom stereocenters. The Morgan fingerprint density at radius 2 is 2.30 bits per heavy atom. The van der Waals surface area contributed by atoms with Crippen LogP contribution in [0, 0.1) is 0 Å². The van der Waals surface area contributed by atoms with Crippen LogP contribution in [0.1, 0.15) is 26.0 Å². The van der Waals surface area contributed by atoms with Crippen LogP contribution in [0.25, 0.3) is 0 Å². The van der Waals surface area contributed by atoms with Crippen molar-refractivity contribution in [2.45, 2.75) is 32.9 Å².